The normalized spacial score (nSPS) is 14.6. The summed E-state index contributed by atoms with van der Waals surface area (Å²) >= 11 is 0. The van der Waals surface area contributed by atoms with Crippen LogP contribution in [0, 0.1) is 0 Å². The molecule has 17 heavy (non-hydrogen) atoms. The molecule has 2 unspecified atom stereocenters. The van der Waals surface area contributed by atoms with E-state index < -0.39 is 0 Å². The summed E-state index contributed by atoms with van der Waals surface area (Å²) in [4.78, 5) is 0. The minimum absolute atomic E-state index is 0.270. The zero-order chi connectivity index (χ0) is 12.9. The van der Waals surface area contributed by atoms with Gasteiger partial charge in [-0.3, -0.25) is 0 Å². The van der Waals surface area contributed by atoms with Gasteiger partial charge in [0.25, 0.3) is 0 Å². The molecule has 0 N–H and O–H groups in total. The van der Waals surface area contributed by atoms with Crippen molar-refractivity contribution in [1.29, 1.82) is 0 Å². The molecule has 0 aromatic carbocycles. The quantitative estimate of drug-likeness (QED) is 0.306. The van der Waals surface area contributed by atoms with Gasteiger partial charge in [0.15, 0.2) is 6.72 Å². The molecule has 2 atom stereocenters. The highest BCUT2D eigenvalue weighted by Crippen LogP contribution is 2.49. The van der Waals surface area contributed by atoms with Crippen molar-refractivity contribution in [1.82, 2.24) is 0 Å². The van der Waals surface area contributed by atoms with E-state index in [0.717, 1.165) is 0 Å². The van der Waals surface area contributed by atoms with Crippen LogP contribution in [0.5, 0.6) is 0 Å². The van der Waals surface area contributed by atoms with E-state index in [9.17, 15) is 0 Å². The van der Waals surface area contributed by atoms with E-state index in [-0.39, 0.29) is 15.6 Å². The van der Waals surface area contributed by atoms with Gasteiger partial charge in [-0.05, 0) is 24.6 Å². The highest BCUT2D eigenvalue weighted by Gasteiger charge is 2.15. The van der Waals surface area contributed by atoms with Crippen molar-refractivity contribution in [3.05, 3.63) is 0 Å². The van der Waals surface area contributed by atoms with Gasteiger partial charge >= 0.3 is 0 Å². The zero-order valence-corrected chi connectivity index (χ0v) is 14.3. The summed E-state index contributed by atoms with van der Waals surface area (Å²) in [5.74, 6) is 0. The molecule has 1 radical (unpaired) electrons. The van der Waals surface area contributed by atoms with Gasteiger partial charge in [0, 0.05) is 0 Å². The van der Waals surface area contributed by atoms with E-state index in [0.29, 0.717) is 0 Å². The van der Waals surface area contributed by atoms with Crippen LogP contribution in [0.1, 0.15) is 66.2 Å². The summed E-state index contributed by atoms with van der Waals surface area (Å²) in [5, 5.41) is 0. The van der Waals surface area contributed by atoms with Gasteiger partial charge in [-0.2, -0.15) is 0 Å². The highest BCUT2D eigenvalue weighted by atomic mass is 31.2. The van der Waals surface area contributed by atoms with Crippen molar-refractivity contribution < 1.29 is 0 Å². The summed E-state index contributed by atoms with van der Waals surface area (Å²) in [6, 6.07) is 0. The summed E-state index contributed by atoms with van der Waals surface area (Å²) in [7, 11) is 0.539. The Labute approximate surface area is 113 Å². The van der Waals surface area contributed by atoms with E-state index in [4.69, 9.17) is 0 Å². The lowest BCUT2D eigenvalue weighted by Gasteiger charge is -2.23. The molecule has 0 spiro atoms. The summed E-state index contributed by atoms with van der Waals surface area (Å²) < 4.78 is 0. The summed E-state index contributed by atoms with van der Waals surface area (Å²) in [6.45, 7) is 12.2. The van der Waals surface area contributed by atoms with Crippen LogP contribution in [-0.4, -0.2) is 31.4 Å². The van der Waals surface area contributed by atoms with Crippen molar-refractivity contribution in [2.75, 3.05) is 24.6 Å². The van der Waals surface area contributed by atoms with Crippen molar-refractivity contribution in [3.8, 4) is 0 Å². The number of rotatable bonds is 12. The highest BCUT2D eigenvalue weighted by molar-refractivity contribution is 8.14. The zero-order valence-electron chi connectivity index (χ0n) is 12.5. The van der Waals surface area contributed by atoms with Crippen LogP contribution in [0.3, 0.4) is 0 Å². The number of hydrogen-bond donors (Lipinski definition) is 0. The van der Waals surface area contributed by atoms with E-state index in [1.165, 1.54) is 63.2 Å². The van der Waals surface area contributed by atoms with Crippen molar-refractivity contribution in [2.24, 2.45) is 0 Å². The Balaban J connectivity index is 4.02. The molecule has 0 aromatic rings. The van der Waals surface area contributed by atoms with Crippen LogP contribution in [0.4, 0.5) is 0 Å². The van der Waals surface area contributed by atoms with E-state index in [2.05, 4.69) is 34.4 Å². The smallest absolute Gasteiger partial charge is 0.142 e. The number of hydrogen-bond acceptors (Lipinski definition) is 0. The van der Waals surface area contributed by atoms with Crippen LogP contribution < -0.4 is 0 Å². The molecule has 101 valence electrons. The van der Waals surface area contributed by atoms with E-state index >= 15 is 0 Å². The fraction of sp³-hybridized carbons (Fsp3) is 1.00. The van der Waals surface area contributed by atoms with E-state index in [1.54, 1.807) is 0 Å². The first-order chi connectivity index (χ1) is 8.28. The van der Waals surface area contributed by atoms with Crippen molar-refractivity contribution in [3.63, 3.8) is 0 Å². The predicted octanol–water partition coefficient (Wildman–Crippen LogP) is 5.90. The molecule has 0 amide bonds. The Morgan fingerprint density at radius 1 is 0.588 bits per heavy atom. The first-order valence-corrected chi connectivity index (χ1v) is 11.2. The predicted molar refractivity (Wildman–Crippen MR) is 89.5 cm³/mol. The molecular formula is C14H32BP2. The molecule has 0 saturated heterocycles. The molecule has 0 aliphatic carbocycles. The third-order valence-corrected chi connectivity index (χ3v) is 9.38. The lowest BCUT2D eigenvalue weighted by atomic mass is 10.4. The maximum absolute atomic E-state index is 2.85. The summed E-state index contributed by atoms with van der Waals surface area (Å²) in [6.07, 6.45) is 14.4. The second-order valence-electron chi connectivity index (χ2n) is 4.89. The Morgan fingerprint density at radius 2 is 1.00 bits per heavy atom. The first kappa shape index (κ1) is 17.9. The Morgan fingerprint density at radius 3 is 1.29 bits per heavy atom. The minimum Gasteiger partial charge on any atom is -0.142 e. The van der Waals surface area contributed by atoms with Gasteiger partial charge in [0.2, 0.25) is 0 Å². The van der Waals surface area contributed by atoms with Gasteiger partial charge in [0.05, 0.1) is 0 Å². The molecule has 0 rings (SSSR count). The molecule has 0 aliphatic rings. The molecule has 3 heteroatoms. The van der Waals surface area contributed by atoms with Gasteiger partial charge in [-0.1, -0.05) is 66.2 Å². The van der Waals surface area contributed by atoms with Crippen molar-refractivity contribution >= 4 is 22.3 Å². The van der Waals surface area contributed by atoms with Crippen molar-refractivity contribution in [2.45, 2.75) is 66.2 Å². The lowest BCUT2D eigenvalue weighted by molar-refractivity contribution is 0.889. The Bertz CT molecular complexity index is 137. The monoisotopic (exact) mass is 273 g/mol. The Hall–Kier alpha value is 0.925. The van der Waals surface area contributed by atoms with Crippen LogP contribution in [0.2, 0.25) is 0 Å². The molecular weight excluding hydrogens is 241 g/mol. The average molecular weight is 273 g/mol. The van der Waals surface area contributed by atoms with Crippen LogP contribution >= 0.6 is 15.6 Å². The van der Waals surface area contributed by atoms with Crippen LogP contribution in [0.15, 0.2) is 0 Å². The third-order valence-electron chi connectivity index (χ3n) is 2.95. The minimum atomic E-state index is 0.270. The molecule has 0 heterocycles. The van der Waals surface area contributed by atoms with Gasteiger partial charge < -0.3 is 0 Å². The maximum atomic E-state index is 2.85. The molecule has 0 aromatic heterocycles. The average Bonchev–Trinajstić information content (AvgIpc) is 2.33. The maximum Gasteiger partial charge on any atom is 0.181 e. The van der Waals surface area contributed by atoms with Gasteiger partial charge in [-0.25, -0.2) is 0 Å². The Kier molecular flexibility index (Phi) is 14.1. The molecule has 0 fully saturated rings. The second-order valence-corrected chi connectivity index (χ2v) is 9.96. The fourth-order valence-corrected chi connectivity index (χ4v) is 8.72. The summed E-state index contributed by atoms with van der Waals surface area (Å²) in [5.41, 5.74) is 0. The molecule has 0 aliphatic heterocycles. The third kappa shape index (κ3) is 10.5. The second kappa shape index (κ2) is 13.4. The van der Waals surface area contributed by atoms with Crippen LogP contribution in [0.25, 0.3) is 0 Å². The number of unbranched alkanes of at least 4 members (excludes halogenated alkanes) is 2. The molecule has 0 bridgehead atoms. The fourth-order valence-electron chi connectivity index (χ4n) is 1.98. The SMILES string of the molecule is CCCCP([B]P(CCC)CCCC)CCC. The first-order valence-electron chi connectivity index (χ1n) is 7.61. The topological polar surface area (TPSA) is 0 Å². The van der Waals surface area contributed by atoms with Gasteiger partial charge in [0.1, 0.15) is 0 Å². The van der Waals surface area contributed by atoms with E-state index in [1.807, 2.05) is 0 Å². The molecule has 0 saturated carbocycles. The largest absolute Gasteiger partial charge is 0.181 e. The van der Waals surface area contributed by atoms with Crippen LogP contribution in [-0.2, 0) is 0 Å². The lowest BCUT2D eigenvalue weighted by Crippen LogP contribution is -2.02. The standard InChI is InChI=1S/C14H32BP2/c1-5-9-13-16(11-7-3)15-17(12-8-4)14-10-6-2/h5-14H2,1-4H3. The van der Waals surface area contributed by atoms with Gasteiger partial charge in [-0.15, -0.1) is 15.6 Å². The molecule has 0 nitrogen and oxygen atoms in total.